The van der Waals surface area contributed by atoms with Crippen LogP contribution in [0.4, 0.5) is 0 Å². The molecule has 22 aromatic rings. The number of aromatic nitrogens is 6. The van der Waals surface area contributed by atoms with Crippen molar-refractivity contribution in [3.8, 4) is 123 Å². The number of para-hydroxylation sites is 4. The second-order valence-corrected chi connectivity index (χ2v) is 36.8. The van der Waals surface area contributed by atoms with Gasteiger partial charge in [-0.25, -0.2) is 29.9 Å². The first-order valence-electron chi connectivity index (χ1n) is 45.2. The Labute approximate surface area is 774 Å². The Balaban J connectivity index is 0.000000117. The molecule has 0 bridgehead atoms. The number of benzene rings is 18. The molecule has 10 heteroatoms. The average Bonchev–Trinajstić information content (AvgIpc) is 1.51. The zero-order valence-electron chi connectivity index (χ0n) is 72.9. The highest BCUT2D eigenvalue weighted by molar-refractivity contribution is 9.10. The van der Waals surface area contributed by atoms with Crippen LogP contribution in [0.15, 0.2) is 429 Å². The molecule has 5 heterocycles. The Morgan fingerprint density at radius 3 is 0.856 bits per heavy atom. The second kappa shape index (κ2) is 30.8. The number of rotatable bonds is 8. The van der Waals surface area contributed by atoms with E-state index in [0.29, 0.717) is 10.6 Å². The van der Waals surface area contributed by atoms with Gasteiger partial charge in [-0.3, -0.25) is 0 Å². The first kappa shape index (κ1) is 78.7. The Morgan fingerprint density at radius 1 is 0.205 bits per heavy atom. The molecule has 18 aromatic carbocycles. The first-order chi connectivity index (χ1) is 64.8. The van der Waals surface area contributed by atoms with E-state index in [0.717, 1.165) is 105 Å². The van der Waals surface area contributed by atoms with Crippen molar-refractivity contribution >= 4 is 93.7 Å². The highest BCUT2D eigenvalue weighted by Crippen LogP contribution is 2.66. The SMILES string of the molecule is Brc1nc(-c2ccc(-c3ccccc3)cc2)c2ccccc2n1.CC1(C)OB(c2ccc(-c3nc4ccccc4c4cc5c(cc34)-c3ccccc3C53c4ccccc4-c4ccccc43)cc2)OC1(C)C.c1ccc(-c2ccc(-c3nc(-c4ccc(-c5nc6ccccc6c6cc7c(cc56)-c5ccccc5C75c6ccccc6-c6ccccc65)cc4)nc4ccccc34)cc2)cc1. The maximum atomic E-state index is 6.37. The Morgan fingerprint density at radius 2 is 0.477 bits per heavy atom. The van der Waals surface area contributed by atoms with Crippen molar-refractivity contribution < 1.29 is 9.31 Å². The van der Waals surface area contributed by atoms with Crippen LogP contribution in [0.1, 0.15) is 72.2 Å². The van der Waals surface area contributed by atoms with E-state index < -0.39 is 12.5 Å². The summed E-state index contributed by atoms with van der Waals surface area (Å²) in [5.74, 6) is 0.695. The van der Waals surface area contributed by atoms with Gasteiger partial charge in [-0.1, -0.05) is 376 Å². The lowest BCUT2D eigenvalue weighted by Gasteiger charge is -2.32. The number of nitrogens with zero attached hydrogens (tertiary/aromatic N) is 6. The van der Waals surface area contributed by atoms with Crippen LogP contribution >= 0.6 is 15.9 Å². The summed E-state index contributed by atoms with van der Waals surface area (Å²) in [7, 11) is -0.404. The molecule has 0 N–H and O–H groups in total. The molecular weight excluding hydrogens is 1670 g/mol. The lowest BCUT2D eigenvalue weighted by Crippen LogP contribution is -2.41. The van der Waals surface area contributed by atoms with Crippen molar-refractivity contribution in [1.29, 1.82) is 0 Å². The van der Waals surface area contributed by atoms with Gasteiger partial charge in [-0.2, -0.15) is 0 Å². The number of fused-ring (bicyclic) bond motifs is 28. The molecule has 8 nitrogen and oxygen atoms in total. The van der Waals surface area contributed by atoms with Crippen molar-refractivity contribution in [2.45, 2.75) is 49.7 Å². The predicted octanol–water partition coefficient (Wildman–Crippen LogP) is 29.8. The highest BCUT2D eigenvalue weighted by Gasteiger charge is 2.55. The summed E-state index contributed by atoms with van der Waals surface area (Å²) < 4.78 is 13.3. The van der Waals surface area contributed by atoms with Gasteiger partial charge in [0.1, 0.15) is 0 Å². The number of hydrogen-bond acceptors (Lipinski definition) is 8. The predicted molar refractivity (Wildman–Crippen MR) is 545 cm³/mol. The van der Waals surface area contributed by atoms with E-state index in [4.69, 9.17) is 29.2 Å². The summed E-state index contributed by atoms with van der Waals surface area (Å²) in [6.45, 7) is 8.37. The summed E-state index contributed by atoms with van der Waals surface area (Å²) >= 11 is 3.41. The molecule has 0 atom stereocenters. The van der Waals surface area contributed by atoms with E-state index in [1.165, 1.54) is 127 Å². The van der Waals surface area contributed by atoms with Crippen molar-refractivity contribution in [2.24, 2.45) is 0 Å². The van der Waals surface area contributed by atoms with Gasteiger partial charge in [-0.15, -0.1) is 0 Å². The summed E-state index contributed by atoms with van der Waals surface area (Å²) in [6, 6.07) is 153. The van der Waals surface area contributed by atoms with Crippen LogP contribution in [0, 0.1) is 0 Å². The van der Waals surface area contributed by atoms with Crippen LogP contribution in [0.5, 0.6) is 0 Å². The number of hydrogen-bond donors (Lipinski definition) is 0. The minimum Gasteiger partial charge on any atom is -0.399 e. The molecule has 0 saturated carbocycles. The fourth-order valence-corrected chi connectivity index (χ4v) is 22.0. The normalized spacial score (nSPS) is 14.3. The van der Waals surface area contributed by atoms with Crippen LogP contribution < -0.4 is 5.46 Å². The molecular formula is C122H82BBrN6O2. The standard InChI is InChI=1S/C58H35N3.C44H34BNO2.C20H13BrN2/c1-2-14-36(15-3-1)37-26-28-38(29-27-37)55-45-20-8-13-25-54(45)60-57(61-55)40-32-30-39(31-33-40)56-48-34-47-43-18-6-11-23-51(43)58(52(47)35-46(48)44-19-7-12-24-53(44)59-56)49-21-9-4-16-41(49)42-17-5-10-22-50(42)58;1-42(2)43(3,4)48-45(47-42)28-23-21-27(22-24-28)41-35-25-34-31-15-7-11-19-38(31)44(39(34)26-33(35)32-16-8-12-20-40(32)46-41)36-17-9-5-13-29(36)30-14-6-10-18-37(30)44;21-20-22-18-9-5-4-8-17(18)19(23-20)16-12-10-15(11-13-16)14-6-2-1-3-7-14/h1-35H;5-26H,1-4H3;1-13H. The van der Waals surface area contributed by atoms with Crippen molar-refractivity contribution in [1.82, 2.24) is 29.9 Å². The van der Waals surface area contributed by atoms with Crippen LogP contribution in [0.25, 0.3) is 188 Å². The van der Waals surface area contributed by atoms with Gasteiger partial charge in [0.2, 0.25) is 0 Å². The fraction of sp³-hybridized carbons (Fsp3) is 0.0656. The van der Waals surface area contributed by atoms with Crippen LogP contribution in [0.2, 0.25) is 0 Å². The van der Waals surface area contributed by atoms with Gasteiger partial charge < -0.3 is 9.31 Å². The second-order valence-electron chi connectivity index (χ2n) is 36.1. The Hall–Kier alpha value is -15.6. The fourth-order valence-electron chi connectivity index (χ4n) is 21.7. The smallest absolute Gasteiger partial charge is 0.399 e. The van der Waals surface area contributed by atoms with E-state index >= 15 is 0 Å². The quantitative estimate of drug-likeness (QED) is 0.0843. The maximum Gasteiger partial charge on any atom is 0.494 e. The third kappa shape index (κ3) is 12.3. The zero-order valence-corrected chi connectivity index (χ0v) is 74.5. The van der Waals surface area contributed by atoms with Crippen molar-refractivity contribution in [2.75, 3.05) is 0 Å². The Kier molecular flexibility index (Phi) is 18.4. The van der Waals surface area contributed by atoms with E-state index in [9.17, 15) is 0 Å². The van der Waals surface area contributed by atoms with E-state index in [1.54, 1.807) is 0 Å². The molecule has 132 heavy (non-hydrogen) atoms. The van der Waals surface area contributed by atoms with Gasteiger partial charge in [0.25, 0.3) is 0 Å². The summed E-state index contributed by atoms with van der Waals surface area (Å²) in [6.07, 6.45) is 0. The molecule has 4 aliphatic carbocycles. The van der Waals surface area contributed by atoms with Crippen LogP contribution in [0.3, 0.4) is 0 Å². The lowest BCUT2D eigenvalue weighted by atomic mass is 9.70. The van der Waals surface area contributed by atoms with Gasteiger partial charge in [0, 0.05) is 60.1 Å². The molecule has 622 valence electrons. The molecule has 1 fully saturated rings. The summed E-state index contributed by atoms with van der Waals surface area (Å²) in [4.78, 5) is 30.1. The van der Waals surface area contributed by atoms with Crippen molar-refractivity contribution in [3.63, 3.8) is 0 Å². The van der Waals surface area contributed by atoms with Crippen molar-refractivity contribution in [3.05, 3.63) is 474 Å². The largest absolute Gasteiger partial charge is 0.494 e. The molecule has 5 aliphatic rings. The van der Waals surface area contributed by atoms with Gasteiger partial charge >= 0.3 is 7.12 Å². The molecule has 0 amide bonds. The Bertz CT molecular complexity index is 8370. The molecule has 4 aromatic heterocycles. The topological polar surface area (TPSA) is 95.8 Å². The minimum atomic E-state index is -0.415. The molecule has 27 rings (SSSR count). The van der Waals surface area contributed by atoms with E-state index in [-0.39, 0.29) is 16.6 Å². The zero-order chi connectivity index (χ0) is 88.1. The third-order valence-electron chi connectivity index (χ3n) is 28.5. The number of halogens is 1. The highest BCUT2D eigenvalue weighted by atomic mass is 79.9. The van der Waals surface area contributed by atoms with Gasteiger partial charge in [0.05, 0.1) is 66.9 Å². The van der Waals surface area contributed by atoms with E-state index in [2.05, 4.69) is 442 Å². The van der Waals surface area contributed by atoms with Crippen LogP contribution in [-0.4, -0.2) is 48.2 Å². The first-order valence-corrected chi connectivity index (χ1v) is 46.0. The van der Waals surface area contributed by atoms with Gasteiger partial charge in [-0.05, 0) is 220 Å². The molecule has 0 radical (unpaired) electrons. The molecule has 1 aliphatic heterocycles. The maximum absolute atomic E-state index is 6.37. The minimum absolute atomic E-state index is 0.387. The molecule has 1 saturated heterocycles. The van der Waals surface area contributed by atoms with Crippen LogP contribution in [-0.2, 0) is 20.1 Å². The lowest BCUT2D eigenvalue weighted by molar-refractivity contribution is 0.00578. The molecule has 0 unspecified atom stereocenters. The summed E-state index contributed by atoms with van der Waals surface area (Å²) in [5.41, 5.74) is 38.2. The third-order valence-corrected chi connectivity index (χ3v) is 28.8. The van der Waals surface area contributed by atoms with E-state index in [1.807, 2.05) is 36.4 Å². The summed E-state index contributed by atoms with van der Waals surface area (Å²) in [5, 5.41) is 9.13. The molecule has 2 spiro atoms. The number of pyridine rings is 2. The average molecular weight is 1750 g/mol. The van der Waals surface area contributed by atoms with Gasteiger partial charge in [0.15, 0.2) is 10.6 Å². The monoisotopic (exact) mass is 1750 g/mol.